The summed E-state index contributed by atoms with van der Waals surface area (Å²) in [5.41, 5.74) is 1.59. The number of rotatable bonds is 7. The smallest absolute Gasteiger partial charge is 0.227 e. The number of nitrogens with zero attached hydrogens (tertiary/aromatic N) is 1. The van der Waals surface area contributed by atoms with E-state index >= 15 is 0 Å². The van der Waals surface area contributed by atoms with Crippen LogP contribution in [0.25, 0.3) is 0 Å². The fraction of sp³-hybridized carbons (Fsp3) is 0.333. The van der Waals surface area contributed by atoms with Crippen molar-refractivity contribution in [1.29, 1.82) is 0 Å². The average Bonchev–Trinajstić information content (AvgIpc) is 3.04. The highest BCUT2D eigenvalue weighted by atomic mass is 19.1. The van der Waals surface area contributed by atoms with E-state index in [4.69, 9.17) is 4.74 Å². The summed E-state index contributed by atoms with van der Waals surface area (Å²) in [6, 6.07) is 13.3. The first-order chi connectivity index (χ1) is 13.0. The number of benzene rings is 2. The summed E-state index contributed by atoms with van der Waals surface area (Å²) < 4.78 is 18.3. The van der Waals surface area contributed by atoms with Gasteiger partial charge in [0.25, 0.3) is 0 Å². The second kappa shape index (κ2) is 8.66. The molecule has 1 N–H and O–H groups in total. The Morgan fingerprint density at radius 2 is 1.89 bits per heavy atom. The van der Waals surface area contributed by atoms with Gasteiger partial charge >= 0.3 is 0 Å². The molecule has 0 aromatic heterocycles. The number of halogens is 1. The van der Waals surface area contributed by atoms with Gasteiger partial charge in [-0.2, -0.15) is 0 Å². The van der Waals surface area contributed by atoms with Crippen LogP contribution in [0.1, 0.15) is 18.9 Å². The van der Waals surface area contributed by atoms with E-state index in [-0.39, 0.29) is 30.0 Å². The normalized spacial score (nSPS) is 16.4. The number of amides is 2. The molecule has 0 bridgehead atoms. The number of carbonyl (C=O) groups is 2. The van der Waals surface area contributed by atoms with Gasteiger partial charge in [-0.3, -0.25) is 9.59 Å². The third-order valence-electron chi connectivity index (χ3n) is 4.53. The van der Waals surface area contributed by atoms with Gasteiger partial charge in [-0.15, -0.1) is 0 Å². The minimum Gasteiger partial charge on any atom is -0.494 e. The molecular weight excluding hydrogens is 347 g/mol. The first kappa shape index (κ1) is 18.9. The lowest BCUT2D eigenvalue weighted by Crippen LogP contribution is -2.32. The van der Waals surface area contributed by atoms with E-state index in [1.165, 1.54) is 12.1 Å². The standard InChI is InChI=1S/C21H23FN2O3/c1-2-27-19-9-7-18(8-10-19)24-14-16(12-21(24)26)13-23-20(25)11-15-3-5-17(22)6-4-15/h3-10,16H,2,11-14H2,1H3,(H,23,25). The molecule has 1 saturated heterocycles. The molecule has 1 fully saturated rings. The Balaban J connectivity index is 1.50. The second-order valence-corrected chi connectivity index (χ2v) is 6.61. The number of carbonyl (C=O) groups excluding carboxylic acids is 2. The van der Waals surface area contributed by atoms with Crippen molar-refractivity contribution in [2.45, 2.75) is 19.8 Å². The Hall–Kier alpha value is -2.89. The van der Waals surface area contributed by atoms with Crippen molar-refractivity contribution in [1.82, 2.24) is 5.32 Å². The Kier molecular flexibility index (Phi) is 6.06. The van der Waals surface area contributed by atoms with Crippen LogP contribution in [0.3, 0.4) is 0 Å². The highest BCUT2D eigenvalue weighted by Crippen LogP contribution is 2.26. The molecule has 6 heteroatoms. The number of anilines is 1. The molecule has 27 heavy (non-hydrogen) atoms. The third kappa shape index (κ3) is 5.06. The minimum atomic E-state index is -0.321. The average molecular weight is 370 g/mol. The van der Waals surface area contributed by atoms with Crippen LogP contribution >= 0.6 is 0 Å². The van der Waals surface area contributed by atoms with E-state index in [0.29, 0.717) is 26.1 Å². The zero-order valence-electron chi connectivity index (χ0n) is 15.3. The molecule has 1 heterocycles. The summed E-state index contributed by atoms with van der Waals surface area (Å²) in [5.74, 6) is 0.447. The molecular formula is C21H23FN2O3. The van der Waals surface area contributed by atoms with Crippen LogP contribution in [0.5, 0.6) is 5.75 Å². The van der Waals surface area contributed by atoms with Crippen molar-refractivity contribution in [3.63, 3.8) is 0 Å². The summed E-state index contributed by atoms with van der Waals surface area (Å²) in [5, 5.41) is 2.87. The molecule has 5 nitrogen and oxygen atoms in total. The van der Waals surface area contributed by atoms with Crippen LogP contribution in [0.15, 0.2) is 48.5 Å². The number of nitrogens with one attached hydrogen (secondary N) is 1. The van der Waals surface area contributed by atoms with Crippen molar-refractivity contribution in [3.8, 4) is 5.75 Å². The Labute approximate surface area is 158 Å². The Morgan fingerprint density at radius 1 is 1.19 bits per heavy atom. The van der Waals surface area contributed by atoms with Crippen molar-refractivity contribution < 1.29 is 18.7 Å². The Morgan fingerprint density at radius 3 is 2.56 bits per heavy atom. The molecule has 1 atom stereocenters. The van der Waals surface area contributed by atoms with Crippen LogP contribution in [-0.2, 0) is 16.0 Å². The number of ether oxygens (including phenoxy) is 1. The number of hydrogen-bond donors (Lipinski definition) is 1. The van der Waals surface area contributed by atoms with Gasteiger partial charge in [0.05, 0.1) is 13.0 Å². The second-order valence-electron chi connectivity index (χ2n) is 6.61. The third-order valence-corrected chi connectivity index (χ3v) is 4.53. The molecule has 2 aromatic carbocycles. The van der Waals surface area contributed by atoms with Gasteiger partial charge in [-0.05, 0) is 48.9 Å². The molecule has 0 spiro atoms. The fourth-order valence-electron chi connectivity index (χ4n) is 3.17. The van der Waals surface area contributed by atoms with Crippen molar-refractivity contribution >= 4 is 17.5 Å². The van der Waals surface area contributed by atoms with Crippen molar-refractivity contribution in [2.75, 3.05) is 24.6 Å². The minimum absolute atomic E-state index is 0.0527. The first-order valence-corrected chi connectivity index (χ1v) is 9.09. The highest BCUT2D eigenvalue weighted by molar-refractivity contribution is 5.95. The maximum absolute atomic E-state index is 12.9. The van der Waals surface area contributed by atoms with E-state index < -0.39 is 0 Å². The highest BCUT2D eigenvalue weighted by Gasteiger charge is 2.30. The quantitative estimate of drug-likeness (QED) is 0.815. The van der Waals surface area contributed by atoms with Gasteiger partial charge in [0.1, 0.15) is 11.6 Å². The van der Waals surface area contributed by atoms with Gasteiger partial charge in [0, 0.05) is 31.1 Å². The van der Waals surface area contributed by atoms with E-state index in [2.05, 4.69) is 5.32 Å². The topological polar surface area (TPSA) is 58.6 Å². The molecule has 1 aliphatic heterocycles. The molecule has 2 aromatic rings. The molecule has 1 aliphatic rings. The van der Waals surface area contributed by atoms with Crippen LogP contribution in [0.4, 0.5) is 10.1 Å². The van der Waals surface area contributed by atoms with E-state index in [1.54, 1.807) is 17.0 Å². The molecule has 0 aliphatic carbocycles. The van der Waals surface area contributed by atoms with E-state index in [1.807, 2.05) is 31.2 Å². The van der Waals surface area contributed by atoms with Crippen LogP contribution in [0, 0.1) is 11.7 Å². The maximum Gasteiger partial charge on any atom is 0.227 e. The Bertz CT molecular complexity index is 790. The predicted molar refractivity (Wildman–Crippen MR) is 101 cm³/mol. The fourth-order valence-corrected chi connectivity index (χ4v) is 3.17. The van der Waals surface area contributed by atoms with Crippen LogP contribution < -0.4 is 15.0 Å². The molecule has 2 amide bonds. The molecule has 0 radical (unpaired) electrons. The molecule has 3 rings (SSSR count). The predicted octanol–water partition coefficient (Wildman–Crippen LogP) is 2.94. The lowest BCUT2D eigenvalue weighted by atomic mass is 10.1. The van der Waals surface area contributed by atoms with Crippen molar-refractivity contribution in [3.05, 3.63) is 59.9 Å². The molecule has 0 saturated carbocycles. The first-order valence-electron chi connectivity index (χ1n) is 9.09. The van der Waals surface area contributed by atoms with Gasteiger partial charge in [0.15, 0.2) is 0 Å². The lowest BCUT2D eigenvalue weighted by molar-refractivity contribution is -0.121. The van der Waals surface area contributed by atoms with Gasteiger partial charge in [-0.25, -0.2) is 4.39 Å². The summed E-state index contributed by atoms with van der Waals surface area (Å²) in [4.78, 5) is 26.1. The van der Waals surface area contributed by atoms with Gasteiger partial charge < -0.3 is 15.0 Å². The number of hydrogen-bond acceptors (Lipinski definition) is 3. The largest absolute Gasteiger partial charge is 0.494 e. The maximum atomic E-state index is 12.9. The van der Waals surface area contributed by atoms with E-state index in [0.717, 1.165) is 17.0 Å². The monoisotopic (exact) mass is 370 g/mol. The lowest BCUT2D eigenvalue weighted by Gasteiger charge is -2.17. The van der Waals surface area contributed by atoms with Gasteiger partial charge in [-0.1, -0.05) is 12.1 Å². The summed E-state index contributed by atoms with van der Waals surface area (Å²) in [6.07, 6.45) is 0.605. The van der Waals surface area contributed by atoms with Gasteiger partial charge in [0.2, 0.25) is 11.8 Å². The summed E-state index contributed by atoms with van der Waals surface area (Å²) in [7, 11) is 0. The van der Waals surface area contributed by atoms with Crippen molar-refractivity contribution in [2.24, 2.45) is 5.92 Å². The molecule has 1 unspecified atom stereocenters. The van der Waals surface area contributed by atoms with Crippen LogP contribution in [0.2, 0.25) is 0 Å². The zero-order chi connectivity index (χ0) is 19.2. The van der Waals surface area contributed by atoms with E-state index in [9.17, 15) is 14.0 Å². The SMILES string of the molecule is CCOc1ccc(N2CC(CNC(=O)Cc3ccc(F)cc3)CC2=O)cc1. The summed E-state index contributed by atoms with van der Waals surface area (Å²) in [6.45, 7) is 3.54. The zero-order valence-corrected chi connectivity index (χ0v) is 15.3. The molecule has 142 valence electrons. The summed E-state index contributed by atoms with van der Waals surface area (Å²) >= 11 is 0. The van der Waals surface area contributed by atoms with Crippen LogP contribution in [-0.4, -0.2) is 31.5 Å².